The fourth-order valence-corrected chi connectivity index (χ4v) is 3.13. The Kier molecular flexibility index (Phi) is 5.15. The largest absolute Gasteiger partial charge is 0.333 e. The molecule has 0 radical (unpaired) electrons. The maximum Gasteiger partial charge on any atom is 0.259 e. The summed E-state index contributed by atoms with van der Waals surface area (Å²) >= 11 is 0. The van der Waals surface area contributed by atoms with E-state index in [1.54, 1.807) is 13.1 Å². The van der Waals surface area contributed by atoms with Gasteiger partial charge in [-0.05, 0) is 19.8 Å². The van der Waals surface area contributed by atoms with E-state index in [1.807, 2.05) is 4.57 Å². The summed E-state index contributed by atoms with van der Waals surface area (Å²) in [6.45, 7) is 2.85. The van der Waals surface area contributed by atoms with Crippen molar-refractivity contribution in [3.05, 3.63) is 12.0 Å². The molecule has 0 amide bonds. The van der Waals surface area contributed by atoms with Gasteiger partial charge >= 0.3 is 0 Å². The number of aryl methyl sites for hydroxylation is 2. The van der Waals surface area contributed by atoms with Crippen LogP contribution in [0.1, 0.15) is 25.6 Å². The molecule has 2 rings (SSSR count). The van der Waals surface area contributed by atoms with E-state index in [4.69, 9.17) is 5.73 Å². The van der Waals surface area contributed by atoms with Gasteiger partial charge in [-0.25, -0.2) is 18.1 Å². The van der Waals surface area contributed by atoms with Gasteiger partial charge in [-0.15, -0.1) is 12.4 Å². The van der Waals surface area contributed by atoms with Crippen molar-refractivity contribution in [1.29, 1.82) is 0 Å². The number of imidazole rings is 1. The van der Waals surface area contributed by atoms with Crippen molar-refractivity contribution >= 4 is 22.4 Å². The second-order valence-electron chi connectivity index (χ2n) is 4.40. The van der Waals surface area contributed by atoms with E-state index in [-0.39, 0.29) is 30.0 Å². The maximum atomic E-state index is 12.0. The Hall–Kier alpha value is -0.630. The van der Waals surface area contributed by atoms with Gasteiger partial charge in [0.05, 0.1) is 0 Å². The minimum Gasteiger partial charge on any atom is -0.333 e. The molecule has 0 bridgehead atoms. The van der Waals surface area contributed by atoms with Crippen molar-refractivity contribution in [2.45, 2.75) is 43.8 Å². The standard InChI is InChI=1S/C10H18N4O2S.ClH/c1-8(6-11)13-17(15,16)10-7-14-5-3-2-4-9(14)12-10;/h7-8,13H,2-6,11H2,1H3;1H/t8-;/m1./s1. The van der Waals surface area contributed by atoms with Gasteiger partial charge in [-0.2, -0.15) is 0 Å². The highest BCUT2D eigenvalue weighted by Crippen LogP contribution is 2.17. The lowest BCUT2D eigenvalue weighted by molar-refractivity contribution is 0.522. The van der Waals surface area contributed by atoms with Crippen LogP contribution in [-0.4, -0.2) is 30.6 Å². The molecule has 1 aliphatic heterocycles. The average molecular weight is 295 g/mol. The number of halogens is 1. The van der Waals surface area contributed by atoms with Crippen LogP contribution in [0.25, 0.3) is 0 Å². The monoisotopic (exact) mass is 294 g/mol. The predicted octanol–water partition coefficient (Wildman–Crippen LogP) is 0.267. The fourth-order valence-electron chi connectivity index (χ4n) is 1.89. The highest BCUT2D eigenvalue weighted by Gasteiger charge is 2.22. The first-order valence-electron chi connectivity index (χ1n) is 5.81. The van der Waals surface area contributed by atoms with Crippen LogP contribution >= 0.6 is 12.4 Å². The lowest BCUT2D eigenvalue weighted by atomic mass is 10.2. The summed E-state index contributed by atoms with van der Waals surface area (Å²) in [5.41, 5.74) is 5.40. The Morgan fingerprint density at radius 3 is 2.89 bits per heavy atom. The summed E-state index contributed by atoms with van der Waals surface area (Å²) < 4.78 is 28.4. The Morgan fingerprint density at radius 1 is 1.56 bits per heavy atom. The molecule has 0 saturated carbocycles. The molecular weight excluding hydrogens is 276 g/mol. The quantitative estimate of drug-likeness (QED) is 0.834. The molecule has 104 valence electrons. The molecule has 3 N–H and O–H groups in total. The van der Waals surface area contributed by atoms with Crippen molar-refractivity contribution in [1.82, 2.24) is 14.3 Å². The molecule has 1 aliphatic rings. The highest BCUT2D eigenvalue weighted by molar-refractivity contribution is 7.89. The molecule has 8 heteroatoms. The summed E-state index contributed by atoms with van der Waals surface area (Å²) in [6, 6.07) is -0.279. The predicted molar refractivity (Wildman–Crippen MR) is 71.3 cm³/mol. The van der Waals surface area contributed by atoms with Crippen LogP contribution in [-0.2, 0) is 23.0 Å². The Balaban J connectivity index is 0.00000162. The van der Waals surface area contributed by atoms with Crippen molar-refractivity contribution < 1.29 is 8.42 Å². The first kappa shape index (κ1) is 15.4. The molecule has 2 heterocycles. The van der Waals surface area contributed by atoms with Crippen LogP contribution in [0.2, 0.25) is 0 Å². The Morgan fingerprint density at radius 2 is 2.28 bits per heavy atom. The van der Waals surface area contributed by atoms with E-state index in [1.165, 1.54) is 0 Å². The topological polar surface area (TPSA) is 90.0 Å². The van der Waals surface area contributed by atoms with Gasteiger partial charge in [0.15, 0.2) is 5.03 Å². The van der Waals surface area contributed by atoms with Crippen molar-refractivity contribution in [2.75, 3.05) is 6.54 Å². The first-order valence-corrected chi connectivity index (χ1v) is 7.29. The molecule has 0 spiro atoms. The summed E-state index contributed by atoms with van der Waals surface area (Å²) in [4.78, 5) is 4.18. The molecule has 1 aromatic rings. The zero-order chi connectivity index (χ0) is 12.5. The number of nitrogens with two attached hydrogens (primary N) is 1. The number of aromatic nitrogens is 2. The third-order valence-corrected chi connectivity index (χ3v) is 4.33. The van der Waals surface area contributed by atoms with E-state index in [0.717, 1.165) is 31.6 Å². The van der Waals surface area contributed by atoms with Gasteiger partial charge in [0.2, 0.25) is 0 Å². The fraction of sp³-hybridized carbons (Fsp3) is 0.700. The second-order valence-corrected chi connectivity index (χ2v) is 6.06. The maximum absolute atomic E-state index is 12.0. The van der Waals surface area contributed by atoms with Gasteiger partial charge < -0.3 is 10.3 Å². The lowest BCUT2D eigenvalue weighted by Gasteiger charge is -2.11. The average Bonchev–Trinajstić information content (AvgIpc) is 2.72. The molecule has 0 unspecified atom stereocenters. The number of nitrogens with one attached hydrogen (secondary N) is 1. The zero-order valence-corrected chi connectivity index (χ0v) is 11.9. The summed E-state index contributed by atoms with van der Waals surface area (Å²) in [5.74, 6) is 0.858. The van der Waals surface area contributed by atoms with Crippen LogP contribution in [0.15, 0.2) is 11.2 Å². The number of rotatable bonds is 4. The third-order valence-electron chi connectivity index (χ3n) is 2.87. The van der Waals surface area contributed by atoms with Crippen LogP contribution < -0.4 is 10.5 Å². The van der Waals surface area contributed by atoms with E-state index in [9.17, 15) is 8.42 Å². The molecule has 0 fully saturated rings. The molecular formula is C10H19ClN4O2S. The number of fused-ring (bicyclic) bond motifs is 1. The van der Waals surface area contributed by atoms with Crippen LogP contribution in [0.5, 0.6) is 0 Å². The van der Waals surface area contributed by atoms with Gasteiger partial charge in [-0.3, -0.25) is 0 Å². The second kappa shape index (κ2) is 6.01. The number of hydrogen-bond acceptors (Lipinski definition) is 4. The van der Waals surface area contributed by atoms with Gasteiger partial charge in [-0.1, -0.05) is 0 Å². The van der Waals surface area contributed by atoms with Gasteiger partial charge in [0.1, 0.15) is 5.82 Å². The van der Waals surface area contributed by atoms with Gasteiger partial charge in [0, 0.05) is 31.7 Å². The number of nitrogens with zero attached hydrogens (tertiary/aromatic N) is 2. The highest BCUT2D eigenvalue weighted by atomic mass is 35.5. The van der Waals surface area contributed by atoms with Gasteiger partial charge in [0.25, 0.3) is 10.0 Å². The molecule has 6 nitrogen and oxygen atoms in total. The van der Waals surface area contributed by atoms with Crippen molar-refractivity contribution in [3.63, 3.8) is 0 Å². The minimum atomic E-state index is -3.53. The Bertz CT molecular complexity index is 476. The molecule has 1 aromatic heterocycles. The van der Waals surface area contributed by atoms with Crippen molar-refractivity contribution in [2.24, 2.45) is 5.73 Å². The number of sulfonamides is 1. The molecule has 1 atom stereocenters. The molecule has 0 saturated heterocycles. The molecule has 0 aliphatic carbocycles. The summed E-state index contributed by atoms with van der Waals surface area (Å²) in [5, 5.41) is 0.106. The summed E-state index contributed by atoms with van der Waals surface area (Å²) in [7, 11) is -3.53. The normalized spacial score (nSPS) is 16.8. The van der Waals surface area contributed by atoms with Crippen LogP contribution in [0, 0.1) is 0 Å². The van der Waals surface area contributed by atoms with E-state index >= 15 is 0 Å². The van der Waals surface area contributed by atoms with Crippen LogP contribution in [0.4, 0.5) is 0 Å². The van der Waals surface area contributed by atoms with Crippen LogP contribution in [0.3, 0.4) is 0 Å². The lowest BCUT2D eigenvalue weighted by Crippen LogP contribution is -2.37. The van der Waals surface area contributed by atoms with E-state index in [0.29, 0.717) is 0 Å². The third kappa shape index (κ3) is 3.23. The minimum absolute atomic E-state index is 0. The van der Waals surface area contributed by atoms with Crippen molar-refractivity contribution in [3.8, 4) is 0 Å². The first-order chi connectivity index (χ1) is 8.03. The van der Waals surface area contributed by atoms with E-state index in [2.05, 4.69) is 9.71 Å². The zero-order valence-electron chi connectivity index (χ0n) is 10.3. The Labute approximate surface area is 113 Å². The SMILES string of the molecule is C[C@H](CN)NS(=O)(=O)c1cn2c(n1)CCCC2.Cl. The molecule has 18 heavy (non-hydrogen) atoms. The number of hydrogen-bond donors (Lipinski definition) is 2. The smallest absolute Gasteiger partial charge is 0.259 e. The summed E-state index contributed by atoms with van der Waals surface area (Å²) in [6.07, 6.45) is 4.61. The van der Waals surface area contributed by atoms with E-state index < -0.39 is 10.0 Å². The molecule has 0 aromatic carbocycles.